The van der Waals surface area contributed by atoms with Crippen molar-refractivity contribution < 1.29 is 27.8 Å². The Kier molecular flexibility index (Phi) is 7.88. The molecule has 2 amide bonds. The van der Waals surface area contributed by atoms with Gasteiger partial charge in [0.05, 0.1) is 25.1 Å². The summed E-state index contributed by atoms with van der Waals surface area (Å²) in [6.45, 7) is 3.10. The van der Waals surface area contributed by atoms with Gasteiger partial charge in [0, 0.05) is 43.8 Å². The third-order valence-corrected chi connectivity index (χ3v) is 6.56. The van der Waals surface area contributed by atoms with E-state index >= 15 is 0 Å². The Morgan fingerprint density at radius 3 is 2.54 bits per heavy atom. The first-order chi connectivity index (χ1) is 16.7. The largest absolute Gasteiger partial charge is 0.490 e. The summed E-state index contributed by atoms with van der Waals surface area (Å²) < 4.78 is 39.7. The highest BCUT2D eigenvalue weighted by atomic mass is 35.5. The first kappa shape index (κ1) is 25.3. The van der Waals surface area contributed by atoms with Crippen LogP contribution in [0.3, 0.4) is 0 Å². The van der Waals surface area contributed by atoms with E-state index in [4.69, 9.17) is 21.1 Å². The first-order valence-corrected chi connectivity index (χ1v) is 11.9. The van der Waals surface area contributed by atoms with E-state index in [1.165, 1.54) is 4.90 Å². The third-order valence-electron chi connectivity index (χ3n) is 6.32. The maximum absolute atomic E-state index is 14.3. The summed E-state index contributed by atoms with van der Waals surface area (Å²) in [4.78, 5) is 31.7. The number of hydrogen-bond donors (Lipinski definition) is 0. The zero-order valence-corrected chi connectivity index (χ0v) is 20.3. The number of hydrogen-bond acceptors (Lipinski definition) is 5. The van der Waals surface area contributed by atoms with Gasteiger partial charge in [-0.3, -0.25) is 9.59 Å². The molecule has 2 aliphatic heterocycles. The van der Waals surface area contributed by atoms with E-state index in [-0.39, 0.29) is 44.2 Å². The summed E-state index contributed by atoms with van der Waals surface area (Å²) in [6.07, 6.45) is -0.00698. The fourth-order valence-electron chi connectivity index (χ4n) is 4.31. The minimum absolute atomic E-state index is 0.00698. The molecule has 2 aromatic rings. The van der Waals surface area contributed by atoms with Crippen LogP contribution in [0.4, 0.5) is 8.78 Å². The second-order valence-electron chi connectivity index (χ2n) is 8.99. The minimum Gasteiger partial charge on any atom is -0.490 e. The number of amides is 2. The van der Waals surface area contributed by atoms with E-state index < -0.39 is 23.1 Å². The van der Waals surface area contributed by atoms with Crippen molar-refractivity contribution in [3.8, 4) is 5.75 Å². The second kappa shape index (κ2) is 10.9. The molecule has 2 fully saturated rings. The van der Waals surface area contributed by atoms with E-state index in [0.717, 1.165) is 25.2 Å². The molecule has 0 N–H and O–H groups in total. The van der Waals surface area contributed by atoms with Crippen LogP contribution in [-0.4, -0.2) is 91.6 Å². The highest BCUT2D eigenvalue weighted by Gasteiger charge is 2.43. The maximum Gasteiger partial charge on any atom is 0.257 e. The predicted octanol–water partition coefficient (Wildman–Crippen LogP) is 3.07. The summed E-state index contributed by atoms with van der Waals surface area (Å²) in [6, 6.07) is 9.70. The van der Waals surface area contributed by atoms with Crippen molar-refractivity contribution in [1.29, 1.82) is 0 Å². The zero-order chi connectivity index (χ0) is 25.0. The van der Waals surface area contributed by atoms with Gasteiger partial charge < -0.3 is 24.2 Å². The van der Waals surface area contributed by atoms with Crippen LogP contribution in [0, 0.1) is 11.6 Å². The van der Waals surface area contributed by atoms with Crippen LogP contribution in [0.15, 0.2) is 42.5 Å². The van der Waals surface area contributed by atoms with Crippen LogP contribution in [0.1, 0.15) is 16.8 Å². The van der Waals surface area contributed by atoms with Gasteiger partial charge in [-0.05, 0) is 37.4 Å². The van der Waals surface area contributed by atoms with Gasteiger partial charge in [0.1, 0.15) is 29.6 Å². The molecule has 0 unspecified atom stereocenters. The number of carbonyl (C=O) groups excluding carboxylic acids is 2. The van der Waals surface area contributed by atoms with Gasteiger partial charge in [-0.1, -0.05) is 17.7 Å². The van der Waals surface area contributed by atoms with E-state index in [2.05, 4.69) is 4.90 Å². The fraction of sp³-hybridized carbons (Fsp3) is 0.440. The molecule has 7 nitrogen and oxygen atoms in total. The van der Waals surface area contributed by atoms with Crippen LogP contribution in [0.25, 0.3) is 0 Å². The molecule has 2 aliphatic rings. The predicted molar refractivity (Wildman–Crippen MR) is 127 cm³/mol. The smallest absolute Gasteiger partial charge is 0.257 e. The maximum atomic E-state index is 14.3. The highest BCUT2D eigenvalue weighted by molar-refractivity contribution is 6.30. The zero-order valence-electron chi connectivity index (χ0n) is 19.5. The first-order valence-electron chi connectivity index (χ1n) is 11.5. The standard InChI is InChI=1S/C25H28ClF2N3O4/c1-29-7-9-30(10-8-29)23(32)15-25(17-34-20-4-2-3-18(26)13-20)16-31(11-12-35-25)24(33)21-6-5-19(27)14-22(21)28/h2-6,13-14H,7-12,15-17H2,1H3/t25-/m0/s1. The molecule has 0 spiro atoms. The Morgan fingerprint density at radius 1 is 1.06 bits per heavy atom. The van der Waals surface area contributed by atoms with Crippen LogP contribution in [0.5, 0.6) is 5.75 Å². The molecular formula is C25H28ClF2N3O4. The van der Waals surface area contributed by atoms with Gasteiger partial charge in [0.25, 0.3) is 5.91 Å². The number of ether oxygens (including phenoxy) is 2. The molecule has 2 heterocycles. The molecule has 0 aromatic heterocycles. The molecule has 0 bridgehead atoms. The number of carbonyl (C=O) groups is 2. The number of morpholine rings is 1. The van der Waals surface area contributed by atoms with Crippen molar-refractivity contribution in [3.63, 3.8) is 0 Å². The summed E-state index contributed by atoms with van der Waals surface area (Å²) in [5.41, 5.74) is -1.38. The van der Waals surface area contributed by atoms with Gasteiger partial charge in [-0.15, -0.1) is 0 Å². The topological polar surface area (TPSA) is 62.3 Å². The molecule has 2 saturated heterocycles. The average molecular weight is 508 g/mol. The Bertz CT molecular complexity index is 1080. The molecule has 2 aromatic carbocycles. The van der Waals surface area contributed by atoms with E-state index in [1.54, 1.807) is 29.2 Å². The lowest BCUT2D eigenvalue weighted by atomic mass is 9.96. The Hall–Kier alpha value is -2.75. The quantitative estimate of drug-likeness (QED) is 0.601. The number of piperazine rings is 1. The second-order valence-corrected chi connectivity index (χ2v) is 9.43. The van der Waals surface area contributed by atoms with Crippen molar-refractivity contribution >= 4 is 23.4 Å². The molecule has 188 valence electrons. The SMILES string of the molecule is CN1CCN(C(=O)C[C@@]2(COc3cccc(Cl)c3)CN(C(=O)c3ccc(F)cc3F)CCO2)CC1. The monoisotopic (exact) mass is 507 g/mol. The van der Waals surface area contributed by atoms with Crippen LogP contribution in [-0.2, 0) is 9.53 Å². The van der Waals surface area contributed by atoms with Gasteiger partial charge in [0.2, 0.25) is 5.91 Å². The van der Waals surface area contributed by atoms with Crippen molar-refractivity contribution in [2.24, 2.45) is 0 Å². The molecule has 10 heteroatoms. The average Bonchev–Trinajstić information content (AvgIpc) is 2.83. The summed E-state index contributed by atoms with van der Waals surface area (Å²) in [7, 11) is 2.00. The van der Waals surface area contributed by atoms with Crippen LogP contribution < -0.4 is 4.74 Å². The molecule has 4 rings (SSSR count). The fourth-order valence-corrected chi connectivity index (χ4v) is 4.49. The Balaban J connectivity index is 1.54. The number of nitrogens with zero attached hydrogens (tertiary/aromatic N) is 3. The van der Waals surface area contributed by atoms with Gasteiger partial charge in [-0.2, -0.15) is 0 Å². The van der Waals surface area contributed by atoms with Crippen LogP contribution in [0.2, 0.25) is 5.02 Å². The lowest BCUT2D eigenvalue weighted by Crippen LogP contribution is -2.59. The van der Waals surface area contributed by atoms with E-state index in [0.29, 0.717) is 29.9 Å². The van der Waals surface area contributed by atoms with Crippen molar-refractivity contribution in [3.05, 3.63) is 64.7 Å². The number of rotatable bonds is 6. The normalized spacial score (nSPS) is 21.1. The number of likely N-dealkylation sites (N-methyl/N-ethyl adjacent to an activating group) is 1. The van der Waals surface area contributed by atoms with Crippen LogP contribution >= 0.6 is 11.6 Å². The summed E-state index contributed by atoms with van der Waals surface area (Å²) in [5, 5.41) is 0.498. The van der Waals surface area contributed by atoms with E-state index in [1.807, 2.05) is 7.05 Å². The molecule has 0 radical (unpaired) electrons. The van der Waals surface area contributed by atoms with Gasteiger partial charge in [-0.25, -0.2) is 8.78 Å². The minimum atomic E-state index is -1.15. The van der Waals surface area contributed by atoms with Crippen molar-refractivity contribution in [2.45, 2.75) is 12.0 Å². The summed E-state index contributed by atoms with van der Waals surface area (Å²) >= 11 is 6.07. The Morgan fingerprint density at radius 2 is 1.83 bits per heavy atom. The number of halogens is 3. The summed E-state index contributed by atoms with van der Waals surface area (Å²) in [5.74, 6) is -1.89. The Labute approximate surface area is 208 Å². The molecule has 0 saturated carbocycles. The lowest BCUT2D eigenvalue weighted by molar-refractivity contribution is -0.154. The third kappa shape index (κ3) is 6.28. The molecule has 35 heavy (non-hydrogen) atoms. The van der Waals surface area contributed by atoms with Crippen molar-refractivity contribution in [1.82, 2.24) is 14.7 Å². The molecule has 0 aliphatic carbocycles. The van der Waals surface area contributed by atoms with Gasteiger partial charge in [0.15, 0.2) is 0 Å². The molecular weight excluding hydrogens is 480 g/mol. The van der Waals surface area contributed by atoms with Gasteiger partial charge >= 0.3 is 0 Å². The highest BCUT2D eigenvalue weighted by Crippen LogP contribution is 2.28. The van der Waals surface area contributed by atoms with Crippen molar-refractivity contribution in [2.75, 3.05) is 59.5 Å². The van der Waals surface area contributed by atoms with E-state index in [9.17, 15) is 18.4 Å². The lowest BCUT2D eigenvalue weighted by Gasteiger charge is -2.43. The number of benzene rings is 2. The molecule has 1 atom stereocenters.